The van der Waals surface area contributed by atoms with E-state index in [4.69, 9.17) is 23.7 Å². The van der Waals surface area contributed by atoms with Crippen molar-refractivity contribution >= 4 is 49.9 Å². The number of fused-ring (bicyclic) bond motifs is 3. The van der Waals surface area contributed by atoms with Gasteiger partial charge in [-0.05, 0) is 70.8 Å². The lowest BCUT2D eigenvalue weighted by Crippen LogP contribution is -2.01. The lowest BCUT2D eigenvalue weighted by Gasteiger charge is -2.15. The molecule has 0 fully saturated rings. The number of nitrogens with zero attached hydrogens (tertiary/aromatic N) is 7. The molecule has 5 aromatic heterocycles. The minimum atomic E-state index is 0. The van der Waals surface area contributed by atoms with Crippen LogP contribution in [0.25, 0.3) is 101 Å². The van der Waals surface area contributed by atoms with E-state index in [1.165, 1.54) is 16.6 Å². The summed E-state index contributed by atoms with van der Waals surface area (Å²) in [6.45, 7) is 0. The van der Waals surface area contributed by atoms with Crippen molar-refractivity contribution in [3.05, 3.63) is 231 Å². The zero-order chi connectivity index (χ0) is 44.2. The molecule has 0 bridgehead atoms. The van der Waals surface area contributed by atoms with Crippen LogP contribution < -0.4 is 3.79 Å². The Balaban J connectivity index is 0.000000351. The van der Waals surface area contributed by atoms with E-state index >= 15 is 0 Å². The van der Waals surface area contributed by atoms with E-state index in [0.29, 0.717) is 0 Å². The first kappa shape index (κ1) is 42.5. The zero-order valence-corrected chi connectivity index (χ0v) is 37.1. The van der Waals surface area contributed by atoms with Crippen LogP contribution in [0.5, 0.6) is 5.75 Å². The van der Waals surface area contributed by atoms with Gasteiger partial charge < -0.3 is 3.79 Å². The molecule has 67 heavy (non-hydrogen) atoms. The second-order valence-electron chi connectivity index (χ2n) is 15.6. The first-order chi connectivity index (χ1) is 32.7. The molecule has 7 aromatic carbocycles. The Morgan fingerprint density at radius 2 is 0.776 bits per heavy atom. The van der Waals surface area contributed by atoms with Crippen LogP contribution in [0.2, 0.25) is 0 Å². The maximum Gasteiger partial charge on any atom is 0.494 e. The quantitative estimate of drug-likeness (QED) is 0.141. The van der Waals surface area contributed by atoms with Crippen LogP contribution in [0.4, 0.5) is 0 Å². The highest BCUT2D eigenvalue weighted by atomic mass is 27.1. The number of imidazole rings is 2. The highest BCUT2D eigenvalue weighted by molar-refractivity contribution is 6.01. The van der Waals surface area contributed by atoms with Gasteiger partial charge in [-0.2, -0.15) is 0 Å². The molecule has 0 N–H and O–H groups in total. The van der Waals surface area contributed by atoms with Crippen LogP contribution in [0.15, 0.2) is 231 Å². The van der Waals surface area contributed by atoms with Gasteiger partial charge in [0.05, 0.1) is 11.4 Å². The van der Waals surface area contributed by atoms with E-state index in [0.717, 1.165) is 107 Å². The van der Waals surface area contributed by atoms with Gasteiger partial charge in [0, 0.05) is 46.2 Å². The van der Waals surface area contributed by atoms with Crippen molar-refractivity contribution < 1.29 is 3.79 Å². The van der Waals surface area contributed by atoms with Crippen LogP contribution in [0, 0.1) is 0 Å². The summed E-state index contributed by atoms with van der Waals surface area (Å²) in [5.74, 6) is 2.53. The van der Waals surface area contributed by atoms with Gasteiger partial charge in [-0.15, -0.1) is 0 Å². The van der Waals surface area contributed by atoms with E-state index in [-0.39, 0.29) is 7.43 Å². The third kappa shape index (κ3) is 8.26. The van der Waals surface area contributed by atoms with Gasteiger partial charge in [0.25, 0.3) is 0 Å². The second-order valence-corrected chi connectivity index (χ2v) is 15.9. The molecule has 0 amide bonds. The molecule has 1 radical (unpaired) electrons. The van der Waals surface area contributed by atoms with Gasteiger partial charge in [-0.25, -0.2) is 19.9 Å². The summed E-state index contributed by atoms with van der Waals surface area (Å²) in [6.07, 6.45) is 5.43. The number of hydrogen-bond acceptors (Lipinski definition) is 6. The third-order valence-electron chi connectivity index (χ3n) is 11.7. The number of aromatic nitrogens is 7. The van der Waals surface area contributed by atoms with Gasteiger partial charge in [-0.1, -0.05) is 171 Å². The van der Waals surface area contributed by atoms with E-state index in [9.17, 15) is 0 Å². The Hall–Kier alpha value is -8.48. The normalized spacial score (nSPS) is 10.9. The molecular weight excluding hydrogens is 838 g/mol. The molecule has 0 saturated carbocycles. The Morgan fingerprint density at radius 3 is 1.27 bits per heavy atom. The smallest absolute Gasteiger partial charge is 0.494 e. The first-order valence-corrected chi connectivity index (χ1v) is 22.2. The maximum absolute atomic E-state index is 5.19. The van der Waals surface area contributed by atoms with Crippen molar-refractivity contribution in [1.29, 1.82) is 0 Å². The zero-order valence-electron chi connectivity index (χ0n) is 35.7. The Kier molecular flexibility index (Phi) is 12.0. The molecule has 12 rings (SSSR count). The van der Waals surface area contributed by atoms with Crippen LogP contribution in [0.1, 0.15) is 7.43 Å². The molecule has 8 nitrogen and oxygen atoms in total. The summed E-state index contributed by atoms with van der Waals surface area (Å²) in [4.78, 5) is 24.0. The molecule has 9 heteroatoms. The number of hydrogen-bond donors (Lipinski definition) is 0. The fraction of sp³-hybridized carbons (Fsp3) is 0.0172. The molecule has 0 aliphatic rings. The summed E-state index contributed by atoms with van der Waals surface area (Å²) in [5.41, 5.74) is 15.1. The Bertz CT molecular complexity index is 3420. The van der Waals surface area contributed by atoms with Crippen LogP contribution in [0.3, 0.4) is 0 Å². The predicted octanol–water partition coefficient (Wildman–Crippen LogP) is 13.6. The Labute approximate surface area is 397 Å². The van der Waals surface area contributed by atoms with Crippen molar-refractivity contribution in [2.75, 3.05) is 0 Å². The number of pyridine rings is 3. The predicted molar refractivity (Wildman–Crippen MR) is 275 cm³/mol. The van der Waals surface area contributed by atoms with Gasteiger partial charge in [0.15, 0.2) is 11.3 Å². The average molecular weight is 881 g/mol. The second kappa shape index (κ2) is 18.9. The van der Waals surface area contributed by atoms with Crippen molar-refractivity contribution in [3.8, 4) is 73.3 Å². The minimum Gasteiger partial charge on any atom is -0.649 e. The summed E-state index contributed by atoms with van der Waals surface area (Å²) >= 11 is 1.47. The monoisotopic (exact) mass is 880 g/mol. The summed E-state index contributed by atoms with van der Waals surface area (Å²) in [5, 5.41) is 1.11. The molecule has 5 heterocycles. The van der Waals surface area contributed by atoms with E-state index in [1.54, 1.807) is 6.20 Å². The third-order valence-corrected chi connectivity index (χ3v) is 12.0. The fourth-order valence-corrected chi connectivity index (χ4v) is 8.78. The molecule has 0 spiro atoms. The number of rotatable bonds is 8. The van der Waals surface area contributed by atoms with Crippen LogP contribution in [-0.4, -0.2) is 50.7 Å². The standard InChI is InChI=1S/C48H32N6.C9H7NO.CH4.Al.H/c1-3-13-35(14-4-1)39-17-7-9-21-43(39)53-45(51-41-19-11-31-49-47(41)53)37-27-23-33(24-28-37)34-25-29-38(30-26-34)46-52-42-20-12-32-50-48(42)54(46)44-22-10-8-18-40(44)36-15-5-2-6-16-36;11-8-5-1-3-7-4-2-6-10-9(7)8;;;/h1-32H;1-6,11H;1H4;;/q;;;+1;/p-1. The van der Waals surface area contributed by atoms with Gasteiger partial charge in [-0.3, -0.25) is 14.1 Å². The lowest BCUT2D eigenvalue weighted by molar-refractivity contribution is 0.622. The number of benzene rings is 7. The maximum atomic E-state index is 5.19. The Morgan fingerprint density at radius 1 is 0.358 bits per heavy atom. The highest BCUT2D eigenvalue weighted by Crippen LogP contribution is 2.37. The first-order valence-electron chi connectivity index (χ1n) is 21.7. The van der Waals surface area contributed by atoms with Gasteiger partial charge >= 0.3 is 16.6 Å². The van der Waals surface area contributed by atoms with Crippen molar-refractivity contribution in [1.82, 2.24) is 34.1 Å². The van der Waals surface area contributed by atoms with Gasteiger partial charge in [0.2, 0.25) is 0 Å². The molecule has 0 aliphatic heterocycles. The topological polar surface area (TPSA) is 83.5 Å². The summed E-state index contributed by atoms with van der Waals surface area (Å²) < 4.78 is 9.55. The molecule has 0 unspecified atom stereocenters. The van der Waals surface area contributed by atoms with E-state index in [2.05, 4.69) is 160 Å². The molecule has 319 valence electrons. The highest BCUT2D eigenvalue weighted by Gasteiger charge is 2.20. The van der Waals surface area contributed by atoms with E-state index < -0.39 is 0 Å². The molecule has 0 atom stereocenters. The van der Waals surface area contributed by atoms with Gasteiger partial charge in [0.1, 0.15) is 33.9 Å². The largest absolute Gasteiger partial charge is 0.649 e. The minimum absolute atomic E-state index is 0. The summed E-state index contributed by atoms with van der Waals surface area (Å²) in [7, 11) is 0. The summed E-state index contributed by atoms with van der Waals surface area (Å²) in [6, 6.07) is 72.9. The van der Waals surface area contributed by atoms with Crippen molar-refractivity contribution in [3.63, 3.8) is 0 Å². The average Bonchev–Trinajstić information content (AvgIpc) is 3.99. The van der Waals surface area contributed by atoms with Crippen molar-refractivity contribution in [2.24, 2.45) is 0 Å². The SMILES string of the molecule is C.[AlH][O]c1cccc2cccnc12.c1ccc(-c2ccccc2-n2c(-c3ccc(-c4ccc(-c5nc6cccnc6n5-c5ccccc5-c5ccccc5)cc4)cc3)nc3cccnc32)cc1. The van der Waals surface area contributed by atoms with Crippen LogP contribution in [-0.2, 0) is 0 Å². The molecule has 0 aliphatic carbocycles. The molecule has 0 saturated heterocycles. The fourth-order valence-electron chi connectivity index (χ4n) is 8.55. The van der Waals surface area contributed by atoms with Crippen LogP contribution >= 0.6 is 0 Å². The molecule has 12 aromatic rings. The van der Waals surface area contributed by atoms with Crippen molar-refractivity contribution in [2.45, 2.75) is 7.43 Å². The lowest BCUT2D eigenvalue weighted by atomic mass is 10.0. The van der Waals surface area contributed by atoms with E-state index in [1.807, 2.05) is 79.1 Å². The number of para-hydroxylation sites is 3. The molecular formula is C58H43AlN7O.